The van der Waals surface area contributed by atoms with Crippen LogP contribution in [-0.4, -0.2) is 21.9 Å². The molecule has 0 radical (unpaired) electrons. The number of hydrogen-bond acceptors (Lipinski definition) is 3. The summed E-state index contributed by atoms with van der Waals surface area (Å²) in [5.74, 6) is 0.298. The van der Waals surface area contributed by atoms with Crippen LogP contribution in [-0.2, 0) is 0 Å². The van der Waals surface area contributed by atoms with Gasteiger partial charge < -0.3 is 5.32 Å². The van der Waals surface area contributed by atoms with Crippen LogP contribution in [0.5, 0.6) is 0 Å². The van der Waals surface area contributed by atoms with E-state index in [4.69, 9.17) is 0 Å². The summed E-state index contributed by atoms with van der Waals surface area (Å²) in [5, 5.41) is 9.70. The summed E-state index contributed by atoms with van der Waals surface area (Å²) in [4.78, 5) is 23.2. The van der Waals surface area contributed by atoms with Crippen molar-refractivity contribution in [3.63, 3.8) is 0 Å². The van der Waals surface area contributed by atoms with Gasteiger partial charge in [-0.3, -0.25) is 14.7 Å². The van der Waals surface area contributed by atoms with Crippen molar-refractivity contribution in [1.29, 1.82) is 0 Å². The minimum atomic E-state index is -0.247. The number of ketones is 1. The summed E-state index contributed by atoms with van der Waals surface area (Å²) in [5.41, 5.74) is 2.69. The molecule has 5 nitrogen and oxygen atoms in total. The Labute approximate surface area is 116 Å². The van der Waals surface area contributed by atoms with E-state index < -0.39 is 0 Å². The van der Waals surface area contributed by atoms with E-state index in [0.29, 0.717) is 22.9 Å². The highest BCUT2D eigenvalue weighted by atomic mass is 16.2. The average molecular weight is 269 g/mol. The van der Waals surface area contributed by atoms with Crippen molar-refractivity contribution in [1.82, 2.24) is 10.2 Å². The maximum Gasteiger partial charge on any atom is 0.276 e. The fraction of sp³-hybridized carbons (Fsp3) is 0.267. The zero-order valence-electron chi connectivity index (χ0n) is 11.1. The second-order valence-electron chi connectivity index (χ2n) is 5.07. The summed E-state index contributed by atoms with van der Waals surface area (Å²) in [7, 11) is 0. The van der Waals surface area contributed by atoms with Crippen LogP contribution in [0.1, 0.15) is 52.2 Å². The molecule has 0 atom stereocenters. The van der Waals surface area contributed by atoms with Crippen molar-refractivity contribution in [3.05, 3.63) is 47.3 Å². The molecule has 0 unspecified atom stereocenters. The molecule has 1 aliphatic rings. The number of carbonyl (C=O) groups is 2. The number of Topliss-reactive ketones (excluding diaryl/α,β-unsaturated/α-hetero) is 1. The first-order valence-corrected chi connectivity index (χ1v) is 6.61. The van der Waals surface area contributed by atoms with Gasteiger partial charge in [0.25, 0.3) is 5.91 Å². The van der Waals surface area contributed by atoms with Crippen LogP contribution in [0.4, 0.5) is 5.69 Å². The van der Waals surface area contributed by atoms with E-state index >= 15 is 0 Å². The smallest absolute Gasteiger partial charge is 0.276 e. The summed E-state index contributed by atoms with van der Waals surface area (Å²) < 4.78 is 0. The van der Waals surface area contributed by atoms with E-state index in [9.17, 15) is 9.59 Å². The number of H-pyrrole nitrogens is 1. The van der Waals surface area contributed by atoms with Gasteiger partial charge in [-0.25, -0.2) is 0 Å². The highest BCUT2D eigenvalue weighted by Crippen LogP contribution is 2.39. The van der Waals surface area contributed by atoms with Crippen LogP contribution in [0, 0.1) is 0 Å². The number of hydrogen-bond donors (Lipinski definition) is 2. The number of rotatable bonds is 4. The second kappa shape index (κ2) is 4.92. The van der Waals surface area contributed by atoms with Gasteiger partial charge in [0.1, 0.15) is 0 Å². The number of benzene rings is 1. The van der Waals surface area contributed by atoms with Gasteiger partial charge in [0, 0.05) is 22.9 Å². The largest absolute Gasteiger partial charge is 0.321 e. The maximum atomic E-state index is 12.0. The van der Waals surface area contributed by atoms with E-state index in [1.165, 1.54) is 6.92 Å². The molecule has 0 spiro atoms. The molecule has 1 fully saturated rings. The molecule has 20 heavy (non-hydrogen) atoms. The van der Waals surface area contributed by atoms with Crippen molar-refractivity contribution < 1.29 is 9.59 Å². The van der Waals surface area contributed by atoms with Crippen molar-refractivity contribution >= 4 is 17.4 Å². The lowest BCUT2D eigenvalue weighted by atomic mass is 10.1. The maximum absolute atomic E-state index is 12.0. The van der Waals surface area contributed by atoms with Gasteiger partial charge in [-0.1, -0.05) is 0 Å². The first-order valence-electron chi connectivity index (χ1n) is 6.61. The van der Waals surface area contributed by atoms with E-state index in [0.717, 1.165) is 18.5 Å². The normalized spacial score (nSPS) is 14.1. The van der Waals surface area contributed by atoms with Crippen molar-refractivity contribution in [2.45, 2.75) is 25.7 Å². The van der Waals surface area contributed by atoms with Crippen LogP contribution in [0.2, 0.25) is 0 Å². The standard InChI is InChI=1S/C15H15N3O2/c1-9(19)10-4-6-12(7-5-10)16-15(20)14-8-13(17-18-14)11-2-3-11/h4-8,11H,2-3H2,1H3,(H,16,20)(H,17,18). The lowest BCUT2D eigenvalue weighted by Gasteiger charge is -2.03. The molecule has 1 heterocycles. The molecule has 5 heteroatoms. The Kier molecular flexibility index (Phi) is 3.10. The number of anilines is 1. The Bertz CT molecular complexity index is 654. The minimum Gasteiger partial charge on any atom is -0.321 e. The van der Waals surface area contributed by atoms with Crippen LogP contribution in [0.15, 0.2) is 30.3 Å². The fourth-order valence-corrected chi connectivity index (χ4v) is 2.04. The van der Waals surface area contributed by atoms with Gasteiger partial charge in [0.15, 0.2) is 11.5 Å². The Morgan fingerprint density at radius 3 is 2.55 bits per heavy atom. The second-order valence-corrected chi connectivity index (χ2v) is 5.07. The molecule has 1 aromatic heterocycles. The molecule has 0 bridgehead atoms. The van der Waals surface area contributed by atoms with E-state index in [-0.39, 0.29) is 11.7 Å². The van der Waals surface area contributed by atoms with Crippen LogP contribution in [0.3, 0.4) is 0 Å². The number of nitrogens with one attached hydrogen (secondary N) is 2. The predicted octanol–water partition coefficient (Wildman–Crippen LogP) is 2.74. The topological polar surface area (TPSA) is 74.8 Å². The van der Waals surface area contributed by atoms with Gasteiger partial charge in [-0.15, -0.1) is 0 Å². The highest BCUT2D eigenvalue weighted by Gasteiger charge is 2.26. The number of nitrogens with zero attached hydrogens (tertiary/aromatic N) is 1. The zero-order valence-corrected chi connectivity index (χ0v) is 11.1. The predicted molar refractivity (Wildman–Crippen MR) is 75.0 cm³/mol. The minimum absolute atomic E-state index is 0.00394. The van der Waals surface area contributed by atoms with Crippen LogP contribution < -0.4 is 5.32 Å². The molecule has 1 saturated carbocycles. The third-order valence-electron chi connectivity index (χ3n) is 3.40. The van der Waals surface area contributed by atoms with Gasteiger partial charge in [-0.05, 0) is 50.1 Å². The Morgan fingerprint density at radius 1 is 1.25 bits per heavy atom. The van der Waals surface area contributed by atoms with Crippen LogP contribution >= 0.6 is 0 Å². The molecule has 2 N–H and O–H groups in total. The van der Waals surface area contributed by atoms with E-state index in [2.05, 4.69) is 15.5 Å². The molecule has 0 aliphatic heterocycles. The summed E-state index contributed by atoms with van der Waals surface area (Å²) in [6, 6.07) is 8.61. The molecular weight excluding hydrogens is 254 g/mol. The third-order valence-corrected chi connectivity index (χ3v) is 3.40. The first-order chi connectivity index (χ1) is 9.63. The lowest BCUT2D eigenvalue weighted by Crippen LogP contribution is -2.12. The number of aromatic amines is 1. The van der Waals surface area contributed by atoms with Crippen molar-refractivity contribution in [2.24, 2.45) is 0 Å². The monoisotopic (exact) mass is 269 g/mol. The number of aromatic nitrogens is 2. The van der Waals surface area contributed by atoms with Gasteiger partial charge in [0.2, 0.25) is 0 Å². The van der Waals surface area contributed by atoms with Crippen LogP contribution in [0.25, 0.3) is 0 Å². The van der Waals surface area contributed by atoms with Gasteiger partial charge in [-0.2, -0.15) is 5.10 Å². The quantitative estimate of drug-likeness (QED) is 0.838. The fourth-order valence-electron chi connectivity index (χ4n) is 2.04. The molecule has 3 rings (SSSR count). The summed E-state index contributed by atoms with van der Waals surface area (Å²) in [6.07, 6.45) is 2.32. The number of amides is 1. The van der Waals surface area contributed by atoms with E-state index in [1.54, 1.807) is 30.3 Å². The number of carbonyl (C=O) groups excluding carboxylic acids is 2. The zero-order chi connectivity index (χ0) is 14.1. The lowest BCUT2D eigenvalue weighted by molar-refractivity contribution is 0.101. The van der Waals surface area contributed by atoms with Crippen molar-refractivity contribution in [2.75, 3.05) is 5.32 Å². The van der Waals surface area contributed by atoms with Crippen molar-refractivity contribution in [3.8, 4) is 0 Å². The summed E-state index contributed by atoms with van der Waals surface area (Å²) in [6.45, 7) is 1.51. The summed E-state index contributed by atoms with van der Waals surface area (Å²) >= 11 is 0. The molecular formula is C15H15N3O2. The van der Waals surface area contributed by atoms with E-state index in [1.807, 2.05) is 0 Å². The SMILES string of the molecule is CC(=O)c1ccc(NC(=O)c2cc(C3CC3)[nH]n2)cc1. The Balaban J connectivity index is 1.69. The molecule has 1 aromatic carbocycles. The molecule has 2 aromatic rings. The van der Waals surface area contributed by atoms with Gasteiger partial charge >= 0.3 is 0 Å². The molecule has 0 saturated heterocycles. The Morgan fingerprint density at radius 2 is 1.95 bits per heavy atom. The molecule has 1 amide bonds. The third kappa shape index (κ3) is 2.61. The van der Waals surface area contributed by atoms with Gasteiger partial charge in [0.05, 0.1) is 0 Å². The molecule has 102 valence electrons. The molecule has 1 aliphatic carbocycles. The average Bonchev–Trinajstić information content (AvgIpc) is 3.17. The first kappa shape index (κ1) is 12.6. The highest BCUT2D eigenvalue weighted by molar-refractivity contribution is 6.03. The Hall–Kier alpha value is -2.43.